The summed E-state index contributed by atoms with van der Waals surface area (Å²) in [7, 11) is 2.10. The summed E-state index contributed by atoms with van der Waals surface area (Å²) in [5, 5.41) is 0.567. The first-order chi connectivity index (χ1) is 13.0. The molecule has 1 amide bonds. The average molecular weight is 392 g/mol. The van der Waals surface area contributed by atoms with Gasteiger partial charge in [-0.1, -0.05) is 18.0 Å². The van der Waals surface area contributed by atoms with Crippen molar-refractivity contribution in [3.05, 3.63) is 17.4 Å². The van der Waals surface area contributed by atoms with E-state index < -0.39 is 0 Å². The van der Waals surface area contributed by atoms with Gasteiger partial charge in [0.15, 0.2) is 0 Å². The van der Waals surface area contributed by atoms with Crippen LogP contribution in [0, 0.1) is 5.41 Å². The van der Waals surface area contributed by atoms with Crippen LogP contribution in [0.15, 0.2) is 12.4 Å². The van der Waals surface area contributed by atoms with Crippen molar-refractivity contribution >= 4 is 23.5 Å². The Labute approximate surface area is 166 Å². The van der Waals surface area contributed by atoms with E-state index in [1.807, 2.05) is 0 Å². The highest BCUT2D eigenvalue weighted by Gasteiger charge is 2.46. The molecule has 0 radical (unpaired) electrons. The molecule has 4 rings (SSSR count). The molecular formula is C20H30ClN5O. The molecule has 2 aliphatic heterocycles. The molecule has 2 saturated heterocycles. The fourth-order valence-electron chi connectivity index (χ4n) is 4.93. The topological polar surface area (TPSA) is 52.6 Å². The van der Waals surface area contributed by atoms with E-state index >= 15 is 0 Å². The van der Waals surface area contributed by atoms with Gasteiger partial charge in [-0.15, -0.1) is 0 Å². The van der Waals surface area contributed by atoms with Gasteiger partial charge in [0.1, 0.15) is 0 Å². The van der Waals surface area contributed by atoms with Crippen molar-refractivity contribution in [1.82, 2.24) is 19.8 Å². The van der Waals surface area contributed by atoms with Crippen LogP contribution < -0.4 is 4.90 Å². The Morgan fingerprint density at radius 2 is 1.96 bits per heavy atom. The van der Waals surface area contributed by atoms with Gasteiger partial charge in [-0.3, -0.25) is 9.69 Å². The number of piperidine rings is 1. The Kier molecular flexibility index (Phi) is 5.30. The van der Waals surface area contributed by atoms with Crippen molar-refractivity contribution in [2.75, 3.05) is 38.1 Å². The second-order valence-electron chi connectivity index (χ2n) is 8.76. The lowest BCUT2D eigenvalue weighted by molar-refractivity contribution is -0.134. The van der Waals surface area contributed by atoms with E-state index in [0.29, 0.717) is 29.6 Å². The summed E-state index contributed by atoms with van der Waals surface area (Å²) >= 11 is 5.89. The number of amides is 1. The number of hydrogen-bond donors (Lipinski definition) is 0. The lowest BCUT2D eigenvalue weighted by atomic mass is 9.77. The number of likely N-dealkylation sites (tertiary alicyclic amines) is 1. The molecule has 3 fully saturated rings. The molecule has 7 heteroatoms. The van der Waals surface area contributed by atoms with Gasteiger partial charge in [-0.05, 0) is 51.5 Å². The summed E-state index contributed by atoms with van der Waals surface area (Å²) in [6.45, 7) is 5.57. The van der Waals surface area contributed by atoms with Gasteiger partial charge in [0.05, 0.1) is 24.0 Å². The summed E-state index contributed by atoms with van der Waals surface area (Å²) in [6.07, 6.45) is 10.4. The van der Waals surface area contributed by atoms with E-state index in [4.69, 9.17) is 11.6 Å². The number of anilines is 1. The largest absolute Gasteiger partial charge is 0.341 e. The highest BCUT2D eigenvalue weighted by Crippen LogP contribution is 2.43. The van der Waals surface area contributed by atoms with Crippen molar-refractivity contribution in [2.45, 2.75) is 57.5 Å². The Morgan fingerprint density at radius 3 is 2.56 bits per heavy atom. The van der Waals surface area contributed by atoms with Crippen LogP contribution in [0.2, 0.25) is 5.02 Å². The smallest absolute Gasteiger partial charge is 0.237 e. The number of carbonyl (C=O) groups is 1. The second-order valence-corrected chi connectivity index (χ2v) is 9.20. The Balaban J connectivity index is 1.33. The van der Waals surface area contributed by atoms with E-state index in [2.05, 4.69) is 38.6 Å². The minimum atomic E-state index is 0.257. The molecule has 1 aromatic rings. The van der Waals surface area contributed by atoms with E-state index in [9.17, 15) is 4.79 Å². The number of hydrogen-bond acceptors (Lipinski definition) is 5. The Hall–Kier alpha value is -1.40. The molecule has 0 aromatic carbocycles. The van der Waals surface area contributed by atoms with Crippen molar-refractivity contribution in [3.8, 4) is 0 Å². The van der Waals surface area contributed by atoms with Crippen molar-refractivity contribution < 1.29 is 4.79 Å². The Morgan fingerprint density at radius 1 is 1.30 bits per heavy atom. The van der Waals surface area contributed by atoms with Crippen LogP contribution in [0.5, 0.6) is 0 Å². The molecule has 1 atom stereocenters. The lowest BCUT2D eigenvalue weighted by Crippen LogP contribution is -2.47. The molecule has 3 aliphatic rings. The third-order valence-corrected chi connectivity index (χ3v) is 7.08. The summed E-state index contributed by atoms with van der Waals surface area (Å²) in [4.78, 5) is 28.2. The van der Waals surface area contributed by atoms with E-state index in [0.717, 1.165) is 44.8 Å². The predicted octanol–water partition coefficient (Wildman–Crippen LogP) is 2.82. The number of carbonyl (C=O) groups excluding carboxylic acids is 1. The zero-order chi connectivity index (χ0) is 19.0. The normalized spacial score (nSPS) is 25.3. The van der Waals surface area contributed by atoms with Crippen LogP contribution in [0.4, 0.5) is 5.95 Å². The molecule has 27 heavy (non-hydrogen) atoms. The fraction of sp³-hybridized carbons (Fsp3) is 0.750. The highest BCUT2D eigenvalue weighted by atomic mass is 35.5. The van der Waals surface area contributed by atoms with Crippen LogP contribution in [0.25, 0.3) is 0 Å². The maximum Gasteiger partial charge on any atom is 0.237 e. The molecule has 0 N–H and O–H groups in total. The molecule has 3 heterocycles. The molecule has 6 nitrogen and oxygen atoms in total. The van der Waals surface area contributed by atoms with Crippen molar-refractivity contribution in [1.29, 1.82) is 0 Å². The third-order valence-electron chi connectivity index (χ3n) is 6.88. The van der Waals surface area contributed by atoms with E-state index in [1.165, 1.54) is 19.3 Å². The molecule has 0 bridgehead atoms. The third kappa shape index (κ3) is 3.92. The molecule has 1 aliphatic carbocycles. The van der Waals surface area contributed by atoms with E-state index in [-0.39, 0.29) is 5.41 Å². The minimum absolute atomic E-state index is 0.257. The lowest BCUT2D eigenvalue weighted by Gasteiger charge is -2.39. The first kappa shape index (κ1) is 18.9. The van der Waals surface area contributed by atoms with Gasteiger partial charge < -0.3 is 9.80 Å². The molecule has 1 aromatic heterocycles. The first-order valence-electron chi connectivity index (χ1n) is 10.2. The molecule has 1 saturated carbocycles. The number of likely N-dealkylation sites (N-methyl/N-ethyl adjacent to an activating group) is 1. The maximum absolute atomic E-state index is 12.9. The zero-order valence-corrected chi connectivity index (χ0v) is 17.2. The summed E-state index contributed by atoms with van der Waals surface area (Å²) in [5.74, 6) is 1.06. The second kappa shape index (κ2) is 7.55. The van der Waals surface area contributed by atoms with Gasteiger partial charge >= 0.3 is 0 Å². The monoisotopic (exact) mass is 391 g/mol. The maximum atomic E-state index is 12.9. The summed E-state index contributed by atoms with van der Waals surface area (Å²) in [5.41, 5.74) is 0.257. The van der Waals surface area contributed by atoms with Gasteiger partial charge in [0.2, 0.25) is 11.9 Å². The zero-order valence-electron chi connectivity index (χ0n) is 16.4. The summed E-state index contributed by atoms with van der Waals surface area (Å²) < 4.78 is 0. The SMILES string of the molecule is CC1CC2(CCN(c3ncc(Cl)cn3)CC2)CN1C(=O)CN(C)C1CCC1. The van der Waals surface area contributed by atoms with Gasteiger partial charge in [-0.25, -0.2) is 9.97 Å². The quantitative estimate of drug-likeness (QED) is 0.789. The molecule has 1 spiro atoms. The van der Waals surface area contributed by atoms with Crippen LogP contribution in [-0.2, 0) is 4.79 Å². The average Bonchev–Trinajstić information content (AvgIpc) is 2.91. The van der Waals surface area contributed by atoms with Gasteiger partial charge in [0.25, 0.3) is 0 Å². The van der Waals surface area contributed by atoms with Crippen LogP contribution in [0.3, 0.4) is 0 Å². The van der Waals surface area contributed by atoms with Crippen LogP contribution in [-0.4, -0.2) is 71.0 Å². The summed E-state index contributed by atoms with van der Waals surface area (Å²) in [6, 6.07) is 0.953. The number of nitrogens with zero attached hydrogens (tertiary/aromatic N) is 5. The molecule has 1 unspecified atom stereocenters. The van der Waals surface area contributed by atoms with Crippen molar-refractivity contribution in [3.63, 3.8) is 0 Å². The molecular weight excluding hydrogens is 362 g/mol. The molecule has 148 valence electrons. The van der Waals surface area contributed by atoms with Crippen molar-refractivity contribution in [2.24, 2.45) is 5.41 Å². The number of aromatic nitrogens is 2. The number of rotatable bonds is 4. The van der Waals surface area contributed by atoms with Gasteiger partial charge in [-0.2, -0.15) is 0 Å². The van der Waals surface area contributed by atoms with E-state index in [1.54, 1.807) is 12.4 Å². The fourth-order valence-corrected chi connectivity index (χ4v) is 5.02. The Bertz CT molecular complexity index is 669. The predicted molar refractivity (Wildman–Crippen MR) is 107 cm³/mol. The van der Waals surface area contributed by atoms with Gasteiger partial charge in [0, 0.05) is 31.7 Å². The minimum Gasteiger partial charge on any atom is -0.341 e. The number of halogens is 1. The van der Waals surface area contributed by atoms with Crippen LogP contribution in [0.1, 0.15) is 45.4 Å². The highest BCUT2D eigenvalue weighted by molar-refractivity contribution is 6.30. The standard InChI is InChI=1S/C20H30ClN5O/c1-15-10-20(14-26(15)18(27)13-24(2)17-4-3-5-17)6-8-25(9-7-20)19-22-11-16(21)12-23-19/h11-12,15,17H,3-10,13-14H2,1-2H3. The van der Waals surface area contributed by atoms with Crippen LogP contribution >= 0.6 is 11.6 Å². The first-order valence-corrected chi connectivity index (χ1v) is 10.6.